The van der Waals surface area contributed by atoms with Crippen LogP contribution in [0.25, 0.3) is 0 Å². The van der Waals surface area contributed by atoms with Gasteiger partial charge in [-0.25, -0.2) is 8.42 Å². The lowest BCUT2D eigenvalue weighted by atomic mass is 9.86. The van der Waals surface area contributed by atoms with Crippen molar-refractivity contribution in [3.8, 4) is 0 Å². The fraction of sp³-hybridized carbons (Fsp3) is 0.571. The van der Waals surface area contributed by atoms with Crippen molar-refractivity contribution in [2.75, 3.05) is 12.3 Å². The topological polar surface area (TPSA) is 63.4 Å². The monoisotopic (exact) mass is 348 g/mol. The molecule has 21 heavy (non-hydrogen) atoms. The van der Waals surface area contributed by atoms with Gasteiger partial charge < -0.3 is 5.73 Å². The molecule has 1 aromatic carbocycles. The van der Waals surface area contributed by atoms with Gasteiger partial charge in [-0.2, -0.15) is 4.31 Å². The molecular weight excluding hydrogens is 331 g/mol. The van der Waals surface area contributed by atoms with Crippen LogP contribution >= 0.6 is 23.2 Å². The van der Waals surface area contributed by atoms with E-state index in [9.17, 15) is 8.42 Å². The largest absolute Gasteiger partial charge is 0.396 e. The molecule has 1 saturated heterocycles. The molecule has 1 saturated carbocycles. The van der Waals surface area contributed by atoms with Crippen LogP contribution in [-0.4, -0.2) is 25.3 Å². The number of fused-ring (bicyclic) bond motifs is 1. The van der Waals surface area contributed by atoms with Gasteiger partial charge >= 0.3 is 0 Å². The first-order valence-electron chi connectivity index (χ1n) is 7.18. The Morgan fingerprint density at radius 2 is 1.86 bits per heavy atom. The zero-order valence-electron chi connectivity index (χ0n) is 11.6. The number of anilines is 1. The van der Waals surface area contributed by atoms with Crippen LogP contribution in [-0.2, 0) is 10.0 Å². The average Bonchev–Trinajstić information content (AvgIpc) is 2.89. The van der Waals surface area contributed by atoms with Crippen LogP contribution in [0.2, 0.25) is 10.0 Å². The van der Waals surface area contributed by atoms with Gasteiger partial charge in [0.2, 0.25) is 10.0 Å². The molecule has 1 aliphatic carbocycles. The minimum atomic E-state index is -3.62. The fourth-order valence-corrected chi connectivity index (χ4v) is 6.01. The Hall–Kier alpha value is -0.490. The summed E-state index contributed by atoms with van der Waals surface area (Å²) in [7, 11) is -3.62. The van der Waals surface area contributed by atoms with E-state index in [4.69, 9.17) is 28.9 Å². The summed E-state index contributed by atoms with van der Waals surface area (Å²) in [5, 5.41) is 0.303. The molecule has 2 aliphatic rings. The van der Waals surface area contributed by atoms with E-state index < -0.39 is 10.0 Å². The molecule has 0 amide bonds. The lowest BCUT2D eigenvalue weighted by Gasteiger charge is -2.31. The predicted molar refractivity (Wildman–Crippen MR) is 85.1 cm³/mol. The maximum Gasteiger partial charge on any atom is 0.244 e. The molecule has 0 radical (unpaired) electrons. The molecule has 1 aliphatic heterocycles. The van der Waals surface area contributed by atoms with Crippen LogP contribution in [0, 0.1) is 5.92 Å². The van der Waals surface area contributed by atoms with Crippen molar-refractivity contribution < 1.29 is 8.42 Å². The summed E-state index contributed by atoms with van der Waals surface area (Å²) in [5.74, 6) is 0.483. The first-order valence-corrected chi connectivity index (χ1v) is 9.38. The van der Waals surface area contributed by atoms with E-state index in [1.54, 1.807) is 4.31 Å². The highest BCUT2D eigenvalue weighted by atomic mass is 35.5. The van der Waals surface area contributed by atoms with Crippen molar-refractivity contribution in [3.63, 3.8) is 0 Å². The van der Waals surface area contributed by atoms with E-state index in [2.05, 4.69) is 0 Å². The van der Waals surface area contributed by atoms with Gasteiger partial charge in [-0.15, -0.1) is 0 Å². The highest BCUT2D eigenvalue weighted by Gasteiger charge is 2.43. The van der Waals surface area contributed by atoms with Gasteiger partial charge in [0, 0.05) is 12.6 Å². The molecule has 0 spiro atoms. The number of nitrogens with two attached hydrogens (primary N) is 1. The third kappa shape index (κ3) is 2.54. The van der Waals surface area contributed by atoms with E-state index in [0.29, 0.717) is 12.5 Å². The van der Waals surface area contributed by atoms with Gasteiger partial charge in [0.15, 0.2) is 0 Å². The summed E-state index contributed by atoms with van der Waals surface area (Å²) in [6.07, 6.45) is 5.27. The lowest BCUT2D eigenvalue weighted by Crippen LogP contribution is -2.39. The lowest BCUT2D eigenvalue weighted by molar-refractivity contribution is 0.260. The van der Waals surface area contributed by atoms with Crippen LogP contribution < -0.4 is 5.73 Å². The number of benzene rings is 1. The molecule has 2 unspecified atom stereocenters. The van der Waals surface area contributed by atoms with E-state index in [1.165, 1.54) is 18.6 Å². The van der Waals surface area contributed by atoms with E-state index in [1.807, 2.05) is 0 Å². The highest BCUT2D eigenvalue weighted by molar-refractivity contribution is 7.89. The Labute approximate surface area is 135 Å². The Kier molecular flexibility index (Phi) is 4.12. The zero-order valence-corrected chi connectivity index (χ0v) is 13.9. The molecule has 4 nitrogen and oxygen atoms in total. The molecule has 7 heteroatoms. The van der Waals surface area contributed by atoms with Crippen LogP contribution in [0.5, 0.6) is 0 Å². The van der Waals surface area contributed by atoms with Crippen molar-refractivity contribution >= 4 is 38.9 Å². The van der Waals surface area contributed by atoms with Gasteiger partial charge in [-0.1, -0.05) is 36.0 Å². The smallest absolute Gasteiger partial charge is 0.244 e. The van der Waals surface area contributed by atoms with Crippen LogP contribution in [0.3, 0.4) is 0 Å². The first kappa shape index (κ1) is 15.4. The zero-order chi connectivity index (χ0) is 15.2. The quantitative estimate of drug-likeness (QED) is 0.831. The third-order valence-electron chi connectivity index (χ3n) is 4.64. The molecular formula is C14H18Cl2N2O2S. The Morgan fingerprint density at radius 1 is 1.14 bits per heavy atom. The van der Waals surface area contributed by atoms with E-state index in [-0.39, 0.29) is 26.7 Å². The van der Waals surface area contributed by atoms with Crippen molar-refractivity contribution in [1.82, 2.24) is 4.31 Å². The Balaban J connectivity index is 1.99. The number of halogens is 2. The number of hydrogen-bond donors (Lipinski definition) is 1. The van der Waals surface area contributed by atoms with Gasteiger partial charge in [0.1, 0.15) is 4.90 Å². The standard InChI is InChI=1S/C14H18Cl2N2O2S/c15-10-5-6-12(13(16)14(10)17)21(19,20)18-8-7-9-3-1-2-4-11(9)18/h5-6,9,11H,1-4,7-8,17H2. The minimum Gasteiger partial charge on any atom is -0.396 e. The van der Waals surface area contributed by atoms with Crippen LogP contribution in [0.1, 0.15) is 32.1 Å². The molecule has 2 N–H and O–H groups in total. The molecule has 2 fully saturated rings. The van der Waals surface area contributed by atoms with Crippen molar-refractivity contribution in [2.24, 2.45) is 5.92 Å². The summed E-state index contributed by atoms with van der Waals surface area (Å²) in [6.45, 7) is 0.566. The molecule has 116 valence electrons. The van der Waals surface area contributed by atoms with Crippen LogP contribution in [0.15, 0.2) is 17.0 Å². The average molecular weight is 349 g/mol. The second-order valence-electron chi connectivity index (χ2n) is 5.79. The maximum absolute atomic E-state index is 12.9. The summed E-state index contributed by atoms with van der Waals surface area (Å²) in [6, 6.07) is 3.05. The van der Waals surface area contributed by atoms with Gasteiger partial charge in [0.25, 0.3) is 0 Å². The molecule has 0 bridgehead atoms. The number of hydrogen-bond acceptors (Lipinski definition) is 3. The second-order valence-corrected chi connectivity index (χ2v) is 8.43. The van der Waals surface area contributed by atoms with Crippen molar-refractivity contribution in [2.45, 2.75) is 43.0 Å². The number of nitrogen functional groups attached to an aromatic ring is 1. The summed E-state index contributed by atoms with van der Waals surface area (Å²) >= 11 is 12.0. The Bertz CT molecular complexity index is 663. The SMILES string of the molecule is Nc1c(Cl)ccc(S(=O)(=O)N2CCC3CCCCC32)c1Cl. The minimum absolute atomic E-state index is 0.0294. The number of nitrogens with zero attached hydrogens (tertiary/aromatic N) is 1. The second kappa shape index (κ2) is 5.61. The van der Waals surface area contributed by atoms with E-state index in [0.717, 1.165) is 25.7 Å². The summed E-state index contributed by atoms with van der Waals surface area (Å²) in [4.78, 5) is 0.0669. The predicted octanol–water partition coefficient (Wildman–Crippen LogP) is 3.53. The first-order chi connectivity index (χ1) is 9.93. The van der Waals surface area contributed by atoms with Crippen LogP contribution in [0.4, 0.5) is 5.69 Å². The van der Waals surface area contributed by atoms with Crippen molar-refractivity contribution in [3.05, 3.63) is 22.2 Å². The number of rotatable bonds is 2. The molecule has 1 aromatic rings. The normalized spacial score (nSPS) is 26.8. The molecule has 3 rings (SSSR count). The molecule has 1 heterocycles. The third-order valence-corrected chi connectivity index (χ3v) is 7.45. The molecule has 0 aromatic heterocycles. The van der Waals surface area contributed by atoms with E-state index >= 15 is 0 Å². The summed E-state index contributed by atoms with van der Waals surface area (Å²) < 4.78 is 27.4. The maximum atomic E-state index is 12.9. The Morgan fingerprint density at radius 3 is 2.62 bits per heavy atom. The fourth-order valence-electron chi connectivity index (χ4n) is 3.54. The van der Waals surface area contributed by atoms with Gasteiger partial charge in [0.05, 0.1) is 15.7 Å². The number of sulfonamides is 1. The molecule has 2 atom stereocenters. The summed E-state index contributed by atoms with van der Waals surface area (Å²) in [5.41, 5.74) is 5.89. The van der Waals surface area contributed by atoms with Crippen molar-refractivity contribution in [1.29, 1.82) is 0 Å². The highest BCUT2D eigenvalue weighted by Crippen LogP contribution is 2.41. The van der Waals surface area contributed by atoms with Gasteiger partial charge in [-0.05, 0) is 37.3 Å². The van der Waals surface area contributed by atoms with Gasteiger partial charge in [-0.3, -0.25) is 0 Å².